The van der Waals surface area contributed by atoms with E-state index in [0.717, 1.165) is 10.7 Å². The van der Waals surface area contributed by atoms with Crippen LogP contribution < -0.4 is 20.7 Å². The van der Waals surface area contributed by atoms with Crippen LogP contribution in [0.1, 0.15) is 17.1 Å². The number of aromatic nitrogens is 3. The van der Waals surface area contributed by atoms with Crippen LogP contribution in [0, 0.1) is 6.92 Å². The van der Waals surface area contributed by atoms with Crippen LogP contribution in [0.2, 0.25) is 0 Å². The largest absolute Gasteiger partial charge is 0.497 e. The second kappa shape index (κ2) is 9.24. The van der Waals surface area contributed by atoms with E-state index < -0.39 is 6.03 Å². The van der Waals surface area contributed by atoms with Gasteiger partial charge < -0.3 is 15.4 Å². The first-order chi connectivity index (χ1) is 13.5. The highest BCUT2D eigenvalue weighted by molar-refractivity contribution is 7.15. The number of urea groups is 1. The Hall–Kier alpha value is -3.05. The molecule has 0 saturated heterocycles. The molecule has 0 aliphatic rings. The van der Waals surface area contributed by atoms with Crippen molar-refractivity contribution >= 4 is 50.6 Å². The van der Waals surface area contributed by atoms with E-state index in [-0.39, 0.29) is 12.3 Å². The van der Waals surface area contributed by atoms with Crippen molar-refractivity contribution < 1.29 is 14.3 Å². The SMILES string of the molecule is COc1ccc(NC(=O)Nc2nc(CCC(=O)Nc3nnc(C)s3)cs2)cc1. The van der Waals surface area contributed by atoms with Gasteiger partial charge in [0.25, 0.3) is 0 Å². The molecule has 0 atom stereocenters. The molecule has 0 aliphatic carbocycles. The van der Waals surface area contributed by atoms with E-state index in [1.54, 1.807) is 31.4 Å². The Kier molecular flexibility index (Phi) is 6.50. The molecule has 146 valence electrons. The summed E-state index contributed by atoms with van der Waals surface area (Å²) < 4.78 is 5.08. The van der Waals surface area contributed by atoms with Crippen LogP contribution in [0.3, 0.4) is 0 Å². The smallest absolute Gasteiger partial charge is 0.325 e. The average molecular weight is 419 g/mol. The fourth-order valence-electron chi connectivity index (χ4n) is 2.18. The number of anilines is 3. The van der Waals surface area contributed by atoms with Crippen LogP contribution in [-0.2, 0) is 11.2 Å². The molecule has 0 saturated carbocycles. The zero-order valence-electron chi connectivity index (χ0n) is 15.2. The van der Waals surface area contributed by atoms with Gasteiger partial charge in [-0.2, -0.15) is 0 Å². The number of hydrogen-bond donors (Lipinski definition) is 3. The first-order valence-corrected chi connectivity index (χ1v) is 9.98. The third-order valence-electron chi connectivity index (χ3n) is 3.50. The number of methoxy groups -OCH3 is 1. The van der Waals surface area contributed by atoms with Crippen LogP contribution in [0.15, 0.2) is 29.6 Å². The van der Waals surface area contributed by atoms with Gasteiger partial charge in [0.15, 0.2) is 5.13 Å². The molecule has 3 N–H and O–H groups in total. The van der Waals surface area contributed by atoms with E-state index in [4.69, 9.17) is 4.74 Å². The Morgan fingerprint density at radius 3 is 2.54 bits per heavy atom. The summed E-state index contributed by atoms with van der Waals surface area (Å²) in [4.78, 5) is 28.3. The second-order valence-electron chi connectivity index (χ2n) is 5.63. The highest BCUT2D eigenvalue weighted by Gasteiger charge is 2.10. The summed E-state index contributed by atoms with van der Waals surface area (Å²) in [5.41, 5.74) is 1.37. The summed E-state index contributed by atoms with van der Waals surface area (Å²) in [6, 6.07) is 6.60. The first-order valence-electron chi connectivity index (χ1n) is 8.28. The topological polar surface area (TPSA) is 118 Å². The van der Waals surface area contributed by atoms with Crippen LogP contribution in [-0.4, -0.2) is 34.2 Å². The van der Waals surface area contributed by atoms with Gasteiger partial charge in [0, 0.05) is 17.5 Å². The summed E-state index contributed by atoms with van der Waals surface area (Å²) in [7, 11) is 1.58. The molecular weight excluding hydrogens is 400 g/mol. The molecule has 2 heterocycles. The van der Waals surface area contributed by atoms with Crippen molar-refractivity contribution in [3.8, 4) is 5.75 Å². The molecule has 3 amide bonds. The second-order valence-corrected chi connectivity index (χ2v) is 7.67. The number of thiazole rings is 1. The Balaban J connectivity index is 1.45. The van der Waals surface area contributed by atoms with Gasteiger partial charge in [-0.3, -0.25) is 10.1 Å². The minimum Gasteiger partial charge on any atom is -0.497 e. The van der Waals surface area contributed by atoms with Crippen LogP contribution >= 0.6 is 22.7 Å². The van der Waals surface area contributed by atoms with Crippen LogP contribution in [0.25, 0.3) is 0 Å². The highest BCUT2D eigenvalue weighted by atomic mass is 32.1. The van der Waals surface area contributed by atoms with Crippen molar-refractivity contribution in [1.82, 2.24) is 15.2 Å². The van der Waals surface area contributed by atoms with Gasteiger partial charge in [-0.25, -0.2) is 9.78 Å². The zero-order valence-corrected chi connectivity index (χ0v) is 16.8. The summed E-state index contributed by atoms with van der Waals surface area (Å²) >= 11 is 2.62. The number of nitrogens with one attached hydrogen (secondary N) is 3. The van der Waals surface area contributed by atoms with Gasteiger partial charge >= 0.3 is 6.03 Å². The molecule has 3 rings (SSSR count). The quantitative estimate of drug-likeness (QED) is 0.540. The molecule has 0 aliphatic heterocycles. The molecule has 9 nitrogen and oxygen atoms in total. The fourth-order valence-corrected chi connectivity index (χ4v) is 3.53. The fraction of sp³-hybridized carbons (Fsp3) is 0.235. The molecule has 0 spiro atoms. The predicted molar refractivity (Wildman–Crippen MR) is 109 cm³/mol. The minimum absolute atomic E-state index is 0.157. The number of rotatable bonds is 7. The molecule has 0 unspecified atom stereocenters. The highest BCUT2D eigenvalue weighted by Crippen LogP contribution is 2.19. The average Bonchev–Trinajstić information content (AvgIpc) is 3.29. The summed E-state index contributed by atoms with van der Waals surface area (Å²) in [5.74, 6) is 0.553. The Morgan fingerprint density at radius 1 is 1.07 bits per heavy atom. The summed E-state index contributed by atoms with van der Waals surface area (Å²) in [6.07, 6.45) is 0.724. The minimum atomic E-state index is -0.393. The van der Waals surface area contributed by atoms with Crippen molar-refractivity contribution in [2.75, 3.05) is 23.1 Å². The van der Waals surface area contributed by atoms with E-state index in [1.807, 2.05) is 12.3 Å². The number of carbonyl (C=O) groups is 2. The Labute approximate surface area is 169 Å². The number of hydrogen-bond acceptors (Lipinski definition) is 8. The van der Waals surface area contributed by atoms with Crippen molar-refractivity contribution in [3.63, 3.8) is 0 Å². The Bertz CT molecular complexity index is 954. The third-order valence-corrected chi connectivity index (χ3v) is 5.06. The van der Waals surface area contributed by atoms with Gasteiger partial charge in [-0.05, 0) is 37.6 Å². The molecule has 0 fully saturated rings. The third kappa shape index (κ3) is 5.72. The predicted octanol–water partition coefficient (Wildman–Crippen LogP) is 3.53. The summed E-state index contributed by atoms with van der Waals surface area (Å²) in [6.45, 7) is 1.82. The molecular formula is C17H18N6O3S2. The standard InChI is InChI=1S/C17H18N6O3S2/c1-10-22-23-17(28-10)20-14(24)8-5-12-9-27-16(19-12)21-15(25)18-11-3-6-13(26-2)7-4-11/h3-4,6-7,9H,5,8H2,1-2H3,(H,20,23,24)(H2,18,19,21,25). The maximum atomic E-state index is 12.1. The van der Waals surface area contributed by atoms with Gasteiger partial charge in [-0.15, -0.1) is 21.5 Å². The van der Waals surface area contributed by atoms with Gasteiger partial charge in [0.2, 0.25) is 11.0 Å². The van der Waals surface area contributed by atoms with E-state index >= 15 is 0 Å². The molecule has 2 aromatic heterocycles. The summed E-state index contributed by atoms with van der Waals surface area (Å²) in [5, 5.41) is 19.3. The van der Waals surface area contributed by atoms with E-state index in [1.165, 1.54) is 22.7 Å². The van der Waals surface area contributed by atoms with Gasteiger partial charge in [0.1, 0.15) is 10.8 Å². The molecule has 1 aromatic carbocycles. The lowest BCUT2D eigenvalue weighted by molar-refractivity contribution is -0.116. The number of nitrogens with zero attached hydrogens (tertiary/aromatic N) is 3. The van der Waals surface area contributed by atoms with Crippen molar-refractivity contribution in [2.45, 2.75) is 19.8 Å². The number of amides is 3. The van der Waals surface area contributed by atoms with Crippen molar-refractivity contribution in [2.24, 2.45) is 0 Å². The van der Waals surface area contributed by atoms with Gasteiger partial charge in [-0.1, -0.05) is 11.3 Å². The maximum absolute atomic E-state index is 12.1. The van der Waals surface area contributed by atoms with E-state index in [2.05, 4.69) is 31.1 Å². The monoisotopic (exact) mass is 418 g/mol. The number of carbonyl (C=O) groups excluding carboxylic acids is 2. The lowest BCUT2D eigenvalue weighted by atomic mass is 10.2. The Morgan fingerprint density at radius 2 is 1.86 bits per heavy atom. The molecule has 0 radical (unpaired) electrons. The zero-order chi connectivity index (χ0) is 19.9. The molecule has 3 aromatic rings. The van der Waals surface area contributed by atoms with Crippen LogP contribution in [0.5, 0.6) is 5.75 Å². The number of ether oxygens (including phenoxy) is 1. The van der Waals surface area contributed by atoms with E-state index in [9.17, 15) is 9.59 Å². The number of aryl methyl sites for hydroxylation is 2. The van der Waals surface area contributed by atoms with E-state index in [0.29, 0.717) is 28.1 Å². The first kappa shape index (κ1) is 19.7. The van der Waals surface area contributed by atoms with Crippen LogP contribution in [0.4, 0.5) is 20.7 Å². The van der Waals surface area contributed by atoms with Gasteiger partial charge in [0.05, 0.1) is 12.8 Å². The maximum Gasteiger partial charge on any atom is 0.325 e. The normalized spacial score (nSPS) is 10.4. The molecule has 28 heavy (non-hydrogen) atoms. The molecule has 0 bridgehead atoms. The molecule has 11 heteroatoms. The lowest BCUT2D eigenvalue weighted by Gasteiger charge is -2.06. The number of benzene rings is 1. The van der Waals surface area contributed by atoms with Crippen molar-refractivity contribution in [1.29, 1.82) is 0 Å². The van der Waals surface area contributed by atoms with Crippen molar-refractivity contribution in [3.05, 3.63) is 40.3 Å². The lowest BCUT2D eigenvalue weighted by Crippen LogP contribution is -2.19.